The zero-order valence-corrected chi connectivity index (χ0v) is 17.1. The largest absolute Gasteiger partial charge is 0.431 e. The molecule has 3 N–H and O–H groups in total. The van der Waals surface area contributed by atoms with Crippen molar-refractivity contribution in [1.29, 1.82) is 0 Å². The number of para-hydroxylation sites is 1. The predicted molar refractivity (Wildman–Crippen MR) is 116 cm³/mol. The fourth-order valence-corrected chi connectivity index (χ4v) is 3.80. The predicted octanol–water partition coefficient (Wildman–Crippen LogP) is 4.45. The lowest BCUT2D eigenvalue weighted by Crippen LogP contribution is -2.17. The Balaban J connectivity index is 1.63. The molecule has 2 heterocycles. The van der Waals surface area contributed by atoms with Gasteiger partial charge in [-0.15, -0.1) is 0 Å². The molecular weight excluding hydrogens is 400 g/mol. The van der Waals surface area contributed by atoms with Gasteiger partial charge in [-0.3, -0.25) is 9.59 Å². The normalized spacial score (nSPS) is 10.7. The highest BCUT2D eigenvalue weighted by Gasteiger charge is 2.18. The number of rotatable bonds is 5. The lowest BCUT2D eigenvalue weighted by atomic mass is 10.1. The molecule has 0 aliphatic heterocycles. The fraction of sp³-hybridized carbons (Fsp3) is 0.0909. The van der Waals surface area contributed by atoms with Gasteiger partial charge in [0.15, 0.2) is 0 Å². The molecule has 0 atom stereocenters. The molecule has 2 amide bonds. The molecule has 150 valence electrons. The van der Waals surface area contributed by atoms with Crippen LogP contribution in [-0.2, 0) is 0 Å². The van der Waals surface area contributed by atoms with E-state index in [2.05, 4.69) is 15.3 Å². The van der Waals surface area contributed by atoms with Crippen molar-refractivity contribution in [2.24, 2.45) is 5.73 Å². The number of carbonyl (C=O) groups is 2. The Hall–Kier alpha value is -3.78. The van der Waals surface area contributed by atoms with Crippen molar-refractivity contribution >= 4 is 39.1 Å². The van der Waals surface area contributed by atoms with Gasteiger partial charge in [0.1, 0.15) is 16.4 Å². The van der Waals surface area contributed by atoms with Gasteiger partial charge < -0.3 is 15.8 Å². The van der Waals surface area contributed by atoms with Gasteiger partial charge in [0.05, 0.1) is 16.8 Å². The minimum Gasteiger partial charge on any atom is -0.431 e. The summed E-state index contributed by atoms with van der Waals surface area (Å²) in [6, 6.07) is 16.1. The van der Waals surface area contributed by atoms with Crippen molar-refractivity contribution in [3.63, 3.8) is 0 Å². The van der Waals surface area contributed by atoms with Gasteiger partial charge in [0.25, 0.3) is 17.0 Å². The monoisotopic (exact) mass is 418 g/mol. The maximum Gasteiger partial charge on any atom is 0.280 e. The summed E-state index contributed by atoms with van der Waals surface area (Å²) in [5, 5.41) is 4.46. The number of thiazole rings is 1. The van der Waals surface area contributed by atoms with E-state index in [0.29, 0.717) is 38.1 Å². The molecule has 0 spiro atoms. The molecule has 0 unspecified atom stereocenters. The van der Waals surface area contributed by atoms with Crippen LogP contribution in [0.5, 0.6) is 10.9 Å². The summed E-state index contributed by atoms with van der Waals surface area (Å²) in [5.41, 5.74) is 7.94. The highest BCUT2D eigenvalue weighted by atomic mass is 32.1. The SMILES string of the molecule is Cc1cccc(Oc2nc(C)c(NC(=O)c3cc(C(N)=O)nc4ccccc34)s2)c1. The van der Waals surface area contributed by atoms with Crippen molar-refractivity contribution in [1.82, 2.24) is 9.97 Å². The number of benzene rings is 2. The number of hydrogen-bond acceptors (Lipinski definition) is 6. The smallest absolute Gasteiger partial charge is 0.280 e. The van der Waals surface area contributed by atoms with E-state index in [0.717, 1.165) is 5.56 Å². The number of ether oxygens (including phenoxy) is 1. The van der Waals surface area contributed by atoms with Crippen LogP contribution in [0.3, 0.4) is 0 Å². The van der Waals surface area contributed by atoms with Gasteiger partial charge in [-0.25, -0.2) is 9.97 Å². The topological polar surface area (TPSA) is 107 Å². The number of nitrogens with two attached hydrogens (primary N) is 1. The van der Waals surface area contributed by atoms with Crippen LogP contribution < -0.4 is 15.8 Å². The third-order valence-corrected chi connectivity index (χ3v) is 5.36. The molecule has 0 radical (unpaired) electrons. The molecule has 4 rings (SSSR count). The van der Waals surface area contributed by atoms with Crippen molar-refractivity contribution in [2.75, 3.05) is 5.32 Å². The van der Waals surface area contributed by atoms with Gasteiger partial charge in [0, 0.05) is 5.39 Å². The lowest BCUT2D eigenvalue weighted by molar-refractivity contribution is 0.0996. The highest BCUT2D eigenvalue weighted by Crippen LogP contribution is 2.33. The maximum atomic E-state index is 13.0. The number of pyridine rings is 1. The summed E-state index contributed by atoms with van der Waals surface area (Å²) >= 11 is 1.23. The number of hydrogen-bond donors (Lipinski definition) is 2. The number of primary amides is 1. The first-order valence-electron chi connectivity index (χ1n) is 9.13. The van der Waals surface area contributed by atoms with Crippen LogP contribution in [0.1, 0.15) is 32.1 Å². The summed E-state index contributed by atoms with van der Waals surface area (Å²) in [4.78, 5) is 33.3. The molecule has 0 aliphatic carbocycles. The molecule has 0 fully saturated rings. The van der Waals surface area contributed by atoms with E-state index in [4.69, 9.17) is 10.5 Å². The number of nitrogens with zero attached hydrogens (tertiary/aromatic N) is 2. The molecular formula is C22H18N4O3S. The first kappa shape index (κ1) is 19.5. The number of aryl methyl sites for hydroxylation is 2. The van der Waals surface area contributed by atoms with E-state index in [1.54, 1.807) is 31.2 Å². The van der Waals surface area contributed by atoms with Crippen LogP contribution in [0.25, 0.3) is 10.9 Å². The van der Waals surface area contributed by atoms with Crippen LogP contribution in [-0.4, -0.2) is 21.8 Å². The maximum absolute atomic E-state index is 13.0. The quantitative estimate of drug-likeness (QED) is 0.498. The number of amides is 2. The number of fused-ring (bicyclic) bond motifs is 1. The van der Waals surface area contributed by atoms with E-state index in [1.165, 1.54) is 17.4 Å². The van der Waals surface area contributed by atoms with E-state index >= 15 is 0 Å². The van der Waals surface area contributed by atoms with Crippen LogP contribution in [0.4, 0.5) is 5.00 Å². The first-order valence-corrected chi connectivity index (χ1v) is 9.95. The van der Waals surface area contributed by atoms with Crippen molar-refractivity contribution in [3.8, 4) is 10.9 Å². The number of carbonyl (C=O) groups excluding carboxylic acids is 2. The number of aromatic nitrogens is 2. The average molecular weight is 418 g/mol. The number of anilines is 1. The van der Waals surface area contributed by atoms with E-state index < -0.39 is 5.91 Å². The standard InChI is InChI=1S/C22H18N4O3S/c1-12-6-5-7-14(10-12)29-22-24-13(2)21(30-22)26-20(28)16-11-18(19(23)27)25-17-9-4-3-8-15(16)17/h3-11H,1-2H3,(H2,23,27)(H,26,28). The van der Waals surface area contributed by atoms with Crippen LogP contribution in [0, 0.1) is 13.8 Å². The zero-order chi connectivity index (χ0) is 21.3. The Kier molecular flexibility index (Phi) is 5.16. The minimum absolute atomic E-state index is 0.0309. The fourth-order valence-electron chi connectivity index (χ4n) is 2.97. The molecule has 0 saturated carbocycles. The summed E-state index contributed by atoms with van der Waals surface area (Å²) in [6.07, 6.45) is 0. The summed E-state index contributed by atoms with van der Waals surface area (Å²) in [6.45, 7) is 3.76. The van der Waals surface area contributed by atoms with Gasteiger partial charge >= 0.3 is 0 Å². The van der Waals surface area contributed by atoms with Crippen LogP contribution in [0.2, 0.25) is 0 Å². The lowest BCUT2D eigenvalue weighted by Gasteiger charge is -2.08. The van der Waals surface area contributed by atoms with Crippen molar-refractivity contribution < 1.29 is 14.3 Å². The Labute approximate surface area is 176 Å². The van der Waals surface area contributed by atoms with Gasteiger partial charge in [0.2, 0.25) is 0 Å². The molecule has 0 aliphatic rings. The first-order chi connectivity index (χ1) is 14.4. The molecule has 2 aromatic carbocycles. The zero-order valence-electron chi connectivity index (χ0n) is 16.3. The van der Waals surface area contributed by atoms with Crippen molar-refractivity contribution in [3.05, 3.63) is 77.1 Å². The molecule has 7 nitrogen and oxygen atoms in total. The molecule has 0 bridgehead atoms. The second-order valence-electron chi connectivity index (χ2n) is 6.70. The third kappa shape index (κ3) is 3.99. The van der Waals surface area contributed by atoms with Crippen molar-refractivity contribution in [2.45, 2.75) is 13.8 Å². The van der Waals surface area contributed by atoms with Gasteiger partial charge in [-0.1, -0.05) is 41.7 Å². The molecule has 2 aromatic heterocycles. The average Bonchev–Trinajstić information content (AvgIpc) is 3.05. The third-order valence-electron chi connectivity index (χ3n) is 4.41. The highest BCUT2D eigenvalue weighted by molar-refractivity contribution is 7.17. The summed E-state index contributed by atoms with van der Waals surface area (Å²) < 4.78 is 5.81. The molecule has 4 aromatic rings. The summed E-state index contributed by atoms with van der Waals surface area (Å²) in [7, 11) is 0. The van der Waals surface area contributed by atoms with E-state index in [9.17, 15) is 9.59 Å². The molecule has 0 saturated heterocycles. The Morgan fingerprint density at radius 1 is 1.03 bits per heavy atom. The van der Waals surface area contributed by atoms with Crippen LogP contribution in [0.15, 0.2) is 54.6 Å². The summed E-state index contributed by atoms with van der Waals surface area (Å²) in [5.74, 6) is -0.407. The van der Waals surface area contributed by atoms with E-state index in [-0.39, 0.29) is 11.6 Å². The second-order valence-corrected chi connectivity index (χ2v) is 7.67. The number of nitrogens with one attached hydrogen (secondary N) is 1. The van der Waals surface area contributed by atoms with Gasteiger partial charge in [-0.2, -0.15) is 0 Å². The molecule has 8 heteroatoms. The minimum atomic E-state index is -0.697. The Bertz CT molecular complexity index is 1280. The Morgan fingerprint density at radius 3 is 2.60 bits per heavy atom. The Morgan fingerprint density at radius 2 is 1.83 bits per heavy atom. The van der Waals surface area contributed by atoms with Crippen LogP contribution >= 0.6 is 11.3 Å². The van der Waals surface area contributed by atoms with E-state index in [1.807, 2.05) is 31.2 Å². The molecule has 30 heavy (non-hydrogen) atoms. The second kappa shape index (κ2) is 7.92. The van der Waals surface area contributed by atoms with Gasteiger partial charge in [-0.05, 0) is 43.7 Å².